The van der Waals surface area contributed by atoms with Crippen LogP contribution >= 0.6 is 0 Å². The van der Waals surface area contributed by atoms with Gasteiger partial charge in [-0.05, 0) is 38.1 Å². The van der Waals surface area contributed by atoms with Gasteiger partial charge in [0.05, 0.1) is 12.4 Å². The van der Waals surface area contributed by atoms with E-state index < -0.39 is 0 Å². The van der Waals surface area contributed by atoms with Crippen LogP contribution in [0.15, 0.2) is 117 Å². The van der Waals surface area contributed by atoms with E-state index in [1.54, 1.807) is 48.8 Å². The molecule has 0 bridgehead atoms. The predicted molar refractivity (Wildman–Crippen MR) is 140 cm³/mol. The SMILES string of the molecule is CC(=NN=Cc1ccccc1O)[c-]1cccc1.CC(=NN=Cc1ccccc1O)[c-]1cccc1.[Fe+2]. The Morgan fingerprint density at radius 2 is 0.943 bits per heavy atom. The van der Waals surface area contributed by atoms with Crippen LogP contribution in [0.5, 0.6) is 11.5 Å². The van der Waals surface area contributed by atoms with Crippen LogP contribution in [-0.4, -0.2) is 34.1 Å². The molecule has 35 heavy (non-hydrogen) atoms. The summed E-state index contributed by atoms with van der Waals surface area (Å²) in [6, 6.07) is 29.8. The second-order valence-corrected chi connectivity index (χ2v) is 7.32. The molecule has 0 saturated heterocycles. The van der Waals surface area contributed by atoms with Gasteiger partial charge in [-0.2, -0.15) is 44.7 Å². The number of phenolic OH excluding ortho intramolecular Hbond substituents is 2. The molecule has 0 saturated carbocycles. The number of hydrogen-bond acceptors (Lipinski definition) is 6. The van der Waals surface area contributed by atoms with E-state index in [-0.39, 0.29) is 28.6 Å². The van der Waals surface area contributed by atoms with Gasteiger partial charge in [0.15, 0.2) is 0 Å². The fourth-order valence-corrected chi connectivity index (χ4v) is 2.89. The van der Waals surface area contributed by atoms with Crippen molar-refractivity contribution in [2.45, 2.75) is 13.8 Å². The van der Waals surface area contributed by atoms with Crippen LogP contribution in [0.1, 0.15) is 36.1 Å². The molecule has 0 aromatic heterocycles. The topological polar surface area (TPSA) is 89.9 Å². The normalized spacial score (nSPS) is 11.8. The minimum absolute atomic E-state index is 0. The van der Waals surface area contributed by atoms with Crippen LogP contribution in [0, 0.1) is 0 Å². The molecule has 0 amide bonds. The number of para-hydroxylation sites is 2. The van der Waals surface area contributed by atoms with Crippen molar-refractivity contribution in [3.63, 3.8) is 0 Å². The Bertz CT molecular complexity index is 1190. The van der Waals surface area contributed by atoms with Gasteiger partial charge in [-0.1, -0.05) is 24.3 Å². The van der Waals surface area contributed by atoms with Crippen LogP contribution in [0.4, 0.5) is 0 Å². The van der Waals surface area contributed by atoms with E-state index in [9.17, 15) is 10.2 Å². The molecular weight excluding hydrogens is 480 g/mol. The Balaban J connectivity index is 0.000000240. The third kappa shape index (κ3) is 8.66. The largest absolute Gasteiger partial charge is 2.00 e. The summed E-state index contributed by atoms with van der Waals surface area (Å²) in [6.07, 6.45) is 3.09. The minimum atomic E-state index is 0. The zero-order valence-electron chi connectivity index (χ0n) is 19.4. The second-order valence-electron chi connectivity index (χ2n) is 7.32. The number of nitrogens with zero attached hydrogens (tertiary/aromatic N) is 4. The van der Waals surface area contributed by atoms with Gasteiger partial charge in [-0.3, -0.25) is 0 Å². The third-order valence-electron chi connectivity index (χ3n) is 4.84. The van der Waals surface area contributed by atoms with Crippen molar-refractivity contribution in [1.82, 2.24) is 0 Å². The monoisotopic (exact) mass is 506 g/mol. The number of hydrogen-bond donors (Lipinski definition) is 2. The summed E-state index contributed by atoms with van der Waals surface area (Å²) in [4.78, 5) is 0. The van der Waals surface area contributed by atoms with E-state index in [1.807, 2.05) is 74.5 Å². The first-order chi connectivity index (χ1) is 16.5. The molecule has 0 aliphatic rings. The summed E-state index contributed by atoms with van der Waals surface area (Å²) in [6.45, 7) is 3.80. The summed E-state index contributed by atoms with van der Waals surface area (Å²) < 4.78 is 0. The molecule has 0 aliphatic carbocycles. The fourth-order valence-electron chi connectivity index (χ4n) is 2.89. The summed E-state index contributed by atoms with van der Waals surface area (Å²) in [7, 11) is 0. The van der Waals surface area contributed by atoms with Crippen molar-refractivity contribution in [2.75, 3.05) is 0 Å². The molecular formula is C28H26FeN4O2. The van der Waals surface area contributed by atoms with Crippen molar-refractivity contribution < 1.29 is 27.3 Å². The standard InChI is InChI=1S/2C14H13N2O.Fe/c2*1-11(12-6-2-3-7-12)16-15-10-13-8-4-5-9-14(13)17;/h2*2-10,17H,1H3;/q2*-1;+2. The Hall–Kier alpha value is -4.06. The molecule has 4 aromatic rings. The number of rotatable bonds is 6. The van der Waals surface area contributed by atoms with Crippen LogP contribution in [0.3, 0.4) is 0 Å². The van der Waals surface area contributed by atoms with E-state index in [2.05, 4.69) is 20.4 Å². The van der Waals surface area contributed by atoms with Crippen molar-refractivity contribution >= 4 is 23.9 Å². The Morgan fingerprint density at radius 3 is 1.29 bits per heavy atom. The van der Waals surface area contributed by atoms with Crippen molar-refractivity contribution in [1.29, 1.82) is 0 Å². The van der Waals surface area contributed by atoms with Gasteiger partial charge in [0.1, 0.15) is 11.5 Å². The van der Waals surface area contributed by atoms with E-state index in [0.29, 0.717) is 11.1 Å². The molecule has 0 fully saturated rings. The van der Waals surface area contributed by atoms with E-state index in [4.69, 9.17) is 0 Å². The average molecular weight is 506 g/mol. The van der Waals surface area contributed by atoms with Gasteiger partial charge in [0.25, 0.3) is 0 Å². The maximum Gasteiger partial charge on any atom is 2.00 e. The summed E-state index contributed by atoms with van der Waals surface area (Å²) in [5.41, 5.74) is 5.13. The maximum atomic E-state index is 9.52. The average Bonchev–Trinajstić information content (AvgIpc) is 3.57. The predicted octanol–water partition coefficient (Wildman–Crippen LogP) is 5.91. The van der Waals surface area contributed by atoms with Crippen molar-refractivity contribution in [3.8, 4) is 11.5 Å². The molecule has 0 unspecified atom stereocenters. The molecule has 4 aromatic carbocycles. The number of phenols is 2. The van der Waals surface area contributed by atoms with Gasteiger partial charge < -0.3 is 10.2 Å². The van der Waals surface area contributed by atoms with Gasteiger partial charge >= 0.3 is 17.1 Å². The van der Waals surface area contributed by atoms with Gasteiger partial charge in [0, 0.05) is 22.6 Å². The Kier molecular flexibility index (Phi) is 11.1. The van der Waals surface area contributed by atoms with E-state index in [1.165, 1.54) is 0 Å². The van der Waals surface area contributed by atoms with Crippen LogP contribution in [0.2, 0.25) is 0 Å². The zero-order chi connectivity index (χ0) is 24.2. The minimum Gasteiger partial charge on any atom is -0.507 e. The molecule has 2 N–H and O–H groups in total. The number of benzene rings is 2. The Labute approximate surface area is 215 Å². The molecule has 0 radical (unpaired) electrons. The van der Waals surface area contributed by atoms with Crippen molar-refractivity contribution in [3.05, 3.63) is 119 Å². The van der Waals surface area contributed by atoms with E-state index >= 15 is 0 Å². The first-order valence-electron chi connectivity index (χ1n) is 10.7. The summed E-state index contributed by atoms with van der Waals surface area (Å²) in [5, 5.41) is 35.1. The van der Waals surface area contributed by atoms with Gasteiger partial charge in [-0.15, -0.1) is 11.1 Å². The fraction of sp³-hybridized carbons (Fsp3) is 0.0714. The first kappa shape index (κ1) is 27.2. The van der Waals surface area contributed by atoms with E-state index in [0.717, 1.165) is 22.6 Å². The van der Waals surface area contributed by atoms with Gasteiger partial charge in [0.2, 0.25) is 0 Å². The second kappa shape index (κ2) is 14.3. The molecule has 0 atom stereocenters. The maximum absolute atomic E-state index is 9.52. The quantitative estimate of drug-likeness (QED) is 0.147. The first-order valence-corrected chi connectivity index (χ1v) is 10.7. The number of aromatic hydroxyl groups is 2. The van der Waals surface area contributed by atoms with Crippen LogP contribution in [0.25, 0.3) is 0 Å². The molecule has 0 spiro atoms. The van der Waals surface area contributed by atoms with Crippen molar-refractivity contribution in [2.24, 2.45) is 20.4 Å². The summed E-state index contributed by atoms with van der Waals surface area (Å²) in [5.74, 6) is 0.412. The Morgan fingerprint density at radius 1 is 0.600 bits per heavy atom. The molecule has 0 heterocycles. The van der Waals surface area contributed by atoms with Crippen LogP contribution < -0.4 is 0 Å². The van der Waals surface area contributed by atoms with Crippen LogP contribution in [-0.2, 0) is 17.1 Å². The zero-order valence-corrected chi connectivity index (χ0v) is 20.5. The molecule has 4 rings (SSSR count). The molecule has 0 aliphatic heterocycles. The third-order valence-corrected chi connectivity index (χ3v) is 4.84. The molecule has 6 nitrogen and oxygen atoms in total. The molecule has 7 heteroatoms. The summed E-state index contributed by atoms with van der Waals surface area (Å²) >= 11 is 0. The smallest absolute Gasteiger partial charge is 0.507 e. The van der Waals surface area contributed by atoms with Gasteiger partial charge in [-0.25, -0.2) is 24.3 Å². The molecule has 178 valence electrons.